The highest BCUT2D eigenvalue weighted by atomic mass is 35.5. The Hall–Kier alpha value is -3.08. The molecule has 0 aromatic heterocycles. The van der Waals surface area contributed by atoms with E-state index in [-0.39, 0.29) is 5.82 Å². The SMILES string of the molecule is CCCCc1ccc(C#Cc2ccc3c(F)c(CCc4ccc(Cl)cc4)ccc3c2)cc1. The highest BCUT2D eigenvalue weighted by molar-refractivity contribution is 6.30. The minimum atomic E-state index is -0.140. The first-order chi connectivity index (χ1) is 15.6. The van der Waals surface area contributed by atoms with Crippen LogP contribution >= 0.6 is 11.6 Å². The molecule has 0 bridgehead atoms. The summed E-state index contributed by atoms with van der Waals surface area (Å²) in [5.74, 6) is 6.30. The van der Waals surface area contributed by atoms with Gasteiger partial charge in [0.15, 0.2) is 0 Å². The van der Waals surface area contributed by atoms with Crippen LogP contribution in [0.2, 0.25) is 5.02 Å². The highest BCUT2D eigenvalue weighted by Gasteiger charge is 2.08. The van der Waals surface area contributed by atoms with E-state index < -0.39 is 0 Å². The first-order valence-corrected chi connectivity index (χ1v) is 11.6. The summed E-state index contributed by atoms with van der Waals surface area (Å²) in [6, 6.07) is 25.8. The molecule has 0 N–H and O–H groups in total. The predicted octanol–water partition coefficient (Wildman–Crippen LogP) is 8.16. The van der Waals surface area contributed by atoms with Crippen LogP contribution in [0, 0.1) is 17.7 Å². The van der Waals surface area contributed by atoms with E-state index in [1.807, 2.05) is 54.6 Å². The Morgan fingerprint density at radius 2 is 1.38 bits per heavy atom. The van der Waals surface area contributed by atoms with E-state index in [1.165, 1.54) is 18.4 Å². The Kier molecular flexibility index (Phi) is 7.25. The molecule has 4 aromatic carbocycles. The van der Waals surface area contributed by atoms with Crippen LogP contribution in [0.5, 0.6) is 0 Å². The van der Waals surface area contributed by atoms with Gasteiger partial charge >= 0.3 is 0 Å². The lowest BCUT2D eigenvalue weighted by Gasteiger charge is -2.08. The number of benzene rings is 4. The molecule has 0 aliphatic heterocycles. The summed E-state index contributed by atoms with van der Waals surface area (Å²) in [6.45, 7) is 2.21. The second-order valence-corrected chi connectivity index (χ2v) is 8.59. The number of hydrogen-bond donors (Lipinski definition) is 0. The molecule has 0 aliphatic rings. The van der Waals surface area contributed by atoms with Crippen molar-refractivity contribution >= 4 is 22.4 Å². The van der Waals surface area contributed by atoms with Gasteiger partial charge in [-0.2, -0.15) is 0 Å². The Morgan fingerprint density at radius 3 is 2.12 bits per heavy atom. The maximum absolute atomic E-state index is 15.1. The average Bonchev–Trinajstić information content (AvgIpc) is 2.82. The minimum absolute atomic E-state index is 0.140. The summed E-state index contributed by atoms with van der Waals surface area (Å²) in [5.41, 5.74) is 5.12. The van der Waals surface area contributed by atoms with E-state index in [1.54, 1.807) is 0 Å². The van der Waals surface area contributed by atoms with Gasteiger partial charge in [0.2, 0.25) is 0 Å². The molecule has 0 amide bonds. The number of fused-ring (bicyclic) bond motifs is 1. The van der Waals surface area contributed by atoms with Crippen molar-refractivity contribution in [3.05, 3.63) is 118 Å². The lowest BCUT2D eigenvalue weighted by atomic mass is 9.99. The van der Waals surface area contributed by atoms with Crippen molar-refractivity contribution < 1.29 is 4.39 Å². The molecule has 0 spiro atoms. The van der Waals surface area contributed by atoms with Gasteiger partial charge in [0.05, 0.1) is 0 Å². The van der Waals surface area contributed by atoms with Gasteiger partial charge in [0, 0.05) is 21.5 Å². The number of rotatable bonds is 6. The molecule has 4 aromatic rings. The third-order valence-corrected chi connectivity index (χ3v) is 6.01. The predicted molar refractivity (Wildman–Crippen MR) is 134 cm³/mol. The topological polar surface area (TPSA) is 0 Å². The van der Waals surface area contributed by atoms with Gasteiger partial charge in [0.25, 0.3) is 0 Å². The zero-order valence-electron chi connectivity index (χ0n) is 18.3. The molecular weight excluding hydrogens is 415 g/mol. The summed E-state index contributed by atoms with van der Waals surface area (Å²) >= 11 is 5.94. The summed E-state index contributed by atoms with van der Waals surface area (Å²) in [7, 11) is 0. The fourth-order valence-electron chi connectivity index (χ4n) is 3.82. The van der Waals surface area contributed by atoms with Crippen LogP contribution in [0.15, 0.2) is 78.9 Å². The van der Waals surface area contributed by atoms with Crippen LogP contribution in [-0.2, 0) is 19.3 Å². The van der Waals surface area contributed by atoms with Crippen LogP contribution < -0.4 is 0 Å². The van der Waals surface area contributed by atoms with Crippen LogP contribution in [0.3, 0.4) is 0 Å². The van der Waals surface area contributed by atoms with Gasteiger partial charge in [-0.3, -0.25) is 0 Å². The zero-order chi connectivity index (χ0) is 22.3. The van der Waals surface area contributed by atoms with Gasteiger partial charge in [-0.15, -0.1) is 0 Å². The molecule has 0 radical (unpaired) electrons. The molecule has 0 unspecified atom stereocenters. The van der Waals surface area contributed by atoms with E-state index in [2.05, 4.69) is 43.0 Å². The molecule has 0 fully saturated rings. The average molecular weight is 441 g/mol. The van der Waals surface area contributed by atoms with E-state index in [4.69, 9.17) is 11.6 Å². The van der Waals surface area contributed by atoms with Crippen LogP contribution in [0.25, 0.3) is 10.8 Å². The molecule has 0 atom stereocenters. The molecule has 0 saturated heterocycles. The monoisotopic (exact) mass is 440 g/mol. The molecule has 0 nitrogen and oxygen atoms in total. The largest absolute Gasteiger partial charge is 0.206 e. The number of unbranched alkanes of at least 4 members (excludes halogenated alkanes) is 1. The Morgan fingerprint density at radius 1 is 0.719 bits per heavy atom. The van der Waals surface area contributed by atoms with Crippen molar-refractivity contribution in [2.75, 3.05) is 0 Å². The van der Waals surface area contributed by atoms with E-state index >= 15 is 4.39 Å². The van der Waals surface area contributed by atoms with Crippen molar-refractivity contribution in [2.24, 2.45) is 0 Å². The minimum Gasteiger partial charge on any atom is -0.206 e. The van der Waals surface area contributed by atoms with Gasteiger partial charge < -0.3 is 0 Å². The number of hydrogen-bond acceptors (Lipinski definition) is 0. The van der Waals surface area contributed by atoms with Crippen molar-refractivity contribution in [3.63, 3.8) is 0 Å². The molecular formula is C30H26ClF. The summed E-state index contributed by atoms with van der Waals surface area (Å²) < 4.78 is 15.1. The van der Waals surface area contributed by atoms with Gasteiger partial charge in [-0.1, -0.05) is 79.3 Å². The molecule has 32 heavy (non-hydrogen) atoms. The van der Waals surface area contributed by atoms with Crippen LogP contribution in [-0.4, -0.2) is 0 Å². The summed E-state index contributed by atoms with van der Waals surface area (Å²) in [5, 5.41) is 2.23. The maximum Gasteiger partial charge on any atom is 0.134 e. The van der Waals surface area contributed by atoms with Crippen molar-refractivity contribution in [1.29, 1.82) is 0 Å². The molecule has 0 saturated carbocycles. The Bertz CT molecular complexity index is 1260. The fraction of sp³-hybridized carbons (Fsp3) is 0.200. The number of aryl methyl sites for hydroxylation is 3. The Labute approximate surface area is 195 Å². The second kappa shape index (κ2) is 10.5. The van der Waals surface area contributed by atoms with E-state index in [9.17, 15) is 0 Å². The molecule has 160 valence electrons. The normalized spacial score (nSPS) is 10.7. The van der Waals surface area contributed by atoms with E-state index in [0.717, 1.165) is 40.5 Å². The van der Waals surface area contributed by atoms with Crippen molar-refractivity contribution in [3.8, 4) is 11.8 Å². The second-order valence-electron chi connectivity index (χ2n) is 8.15. The fourth-order valence-corrected chi connectivity index (χ4v) is 3.94. The van der Waals surface area contributed by atoms with Crippen molar-refractivity contribution in [1.82, 2.24) is 0 Å². The van der Waals surface area contributed by atoms with Gasteiger partial charge in [0.1, 0.15) is 5.82 Å². The molecule has 0 heterocycles. The van der Waals surface area contributed by atoms with Crippen LogP contribution in [0.4, 0.5) is 4.39 Å². The molecule has 4 rings (SSSR count). The third-order valence-electron chi connectivity index (χ3n) is 5.75. The first-order valence-electron chi connectivity index (χ1n) is 11.2. The maximum atomic E-state index is 15.1. The lowest BCUT2D eigenvalue weighted by molar-refractivity contribution is 0.620. The van der Waals surface area contributed by atoms with Gasteiger partial charge in [-0.25, -0.2) is 4.39 Å². The molecule has 2 heteroatoms. The van der Waals surface area contributed by atoms with Gasteiger partial charge in [-0.05, 0) is 84.2 Å². The quantitative estimate of drug-likeness (QED) is 0.265. The Balaban J connectivity index is 1.48. The van der Waals surface area contributed by atoms with Crippen molar-refractivity contribution in [2.45, 2.75) is 39.0 Å². The van der Waals surface area contributed by atoms with E-state index in [0.29, 0.717) is 16.8 Å². The zero-order valence-corrected chi connectivity index (χ0v) is 19.1. The highest BCUT2D eigenvalue weighted by Crippen LogP contribution is 2.24. The summed E-state index contributed by atoms with van der Waals surface area (Å²) in [4.78, 5) is 0. The first kappa shape index (κ1) is 22.1. The lowest BCUT2D eigenvalue weighted by Crippen LogP contribution is -1.96. The molecule has 0 aliphatic carbocycles. The number of halogens is 2. The standard InChI is InChI=1S/C30H26ClF/c1-2-3-4-22-5-7-23(8-6-22)9-10-25-14-20-29-27(21-25)17-16-26(30(29)32)15-11-24-12-18-28(31)19-13-24/h5-8,12-14,16-21H,2-4,11,15H2,1H3. The van der Waals surface area contributed by atoms with Crippen LogP contribution in [0.1, 0.15) is 47.6 Å². The third kappa shape index (κ3) is 5.58. The smallest absolute Gasteiger partial charge is 0.134 e. The summed E-state index contributed by atoms with van der Waals surface area (Å²) in [6.07, 6.45) is 4.96.